The Morgan fingerprint density at radius 2 is 0.955 bits per heavy atom. The van der Waals surface area contributed by atoms with Gasteiger partial charge in [0.15, 0.2) is 0 Å². The maximum absolute atomic E-state index is 14.7. The van der Waals surface area contributed by atoms with Crippen molar-refractivity contribution in [2.24, 2.45) is 10.8 Å². The average Bonchev–Trinajstić information content (AvgIpc) is 1.90. The van der Waals surface area contributed by atoms with Crippen LogP contribution in [0.2, 0.25) is 0 Å². The normalized spacial score (nSPS) is 21.4. The fourth-order valence-electron chi connectivity index (χ4n) is 12.3. The number of benzene rings is 3. The van der Waals surface area contributed by atoms with Crippen LogP contribution in [0.25, 0.3) is 0 Å². The Kier molecular flexibility index (Phi) is 19.9. The smallest absolute Gasteiger partial charge is 0.251 e. The second-order valence-electron chi connectivity index (χ2n) is 26.1. The standard InChI is InChI=1S/C64H86N16O8/c1-37(65-9)55(81)71-53(63(3,4)5)61(87)77-35-45(29-51(77)59(85)69-49-26-16-20-39-18-11-13-24-47(39)49)79-33-43(73-75-79)31-67-57(83)41-22-15-23-42(28-41)58(84)68-32-44-34-80(76-74-44)46-30-52(60(86)70-50-27-17-21-40-19-12-14-25-48(40)50)78(36-46)62(88)54(64(6,7)8)72-56(82)38(2)66-10/h11-15,18-19,22-25,28,33-34,37-38,45-46,49-54,65-66H,16-17,20-21,26-27,29-32,35-36H2,1-10H3,(H,67,83)(H,68,84)(H,69,85)(H,70,86)(H,71,81)(H,72,82)/t37-,38-,45-,46-,49+,50+,51-,52-,53+,54+/m0/s1. The highest BCUT2D eigenvalue weighted by atomic mass is 16.2. The fraction of sp³-hybridized carbons (Fsp3) is 0.531. The molecule has 0 spiro atoms. The molecular weight excluding hydrogens is 1120 g/mol. The molecule has 2 aromatic heterocycles. The molecule has 0 saturated carbocycles. The molecule has 2 aliphatic carbocycles. The highest BCUT2D eigenvalue weighted by molar-refractivity contribution is 6.00. The lowest BCUT2D eigenvalue weighted by Crippen LogP contribution is -2.59. The number of amides is 8. The molecule has 2 aliphatic heterocycles. The van der Waals surface area contributed by atoms with Crippen LogP contribution in [-0.2, 0) is 54.7 Å². The zero-order valence-corrected chi connectivity index (χ0v) is 52.2. The van der Waals surface area contributed by atoms with Gasteiger partial charge in [-0.3, -0.25) is 38.4 Å². The van der Waals surface area contributed by atoms with Gasteiger partial charge in [0.2, 0.25) is 35.4 Å². The summed E-state index contributed by atoms with van der Waals surface area (Å²) in [6.45, 7) is 14.8. The Balaban J connectivity index is 0.832. The lowest BCUT2D eigenvalue weighted by Gasteiger charge is -2.36. The van der Waals surface area contributed by atoms with Gasteiger partial charge in [0.05, 0.1) is 61.7 Å². The van der Waals surface area contributed by atoms with Crippen LogP contribution in [0.4, 0.5) is 0 Å². The summed E-state index contributed by atoms with van der Waals surface area (Å²) in [6, 6.07) is 16.2. The van der Waals surface area contributed by atoms with Gasteiger partial charge in [0, 0.05) is 37.1 Å². The number of likely N-dealkylation sites (tertiary alicyclic amines) is 2. The molecule has 9 rings (SSSR count). The summed E-state index contributed by atoms with van der Waals surface area (Å²) in [5.41, 5.74) is 4.34. The van der Waals surface area contributed by atoms with Gasteiger partial charge in [-0.1, -0.05) is 107 Å². The van der Waals surface area contributed by atoms with Crippen LogP contribution < -0.4 is 42.5 Å². The van der Waals surface area contributed by atoms with E-state index in [2.05, 4.69) is 75.3 Å². The van der Waals surface area contributed by atoms with Gasteiger partial charge in [-0.05, 0) is 118 Å². The van der Waals surface area contributed by atoms with Crippen LogP contribution in [0.15, 0.2) is 85.2 Å². The van der Waals surface area contributed by atoms with E-state index < -0.39 is 71.0 Å². The van der Waals surface area contributed by atoms with E-state index in [1.165, 1.54) is 17.2 Å². The number of hydrogen-bond acceptors (Lipinski definition) is 14. The van der Waals surface area contributed by atoms with Gasteiger partial charge in [-0.2, -0.15) is 0 Å². The second kappa shape index (κ2) is 27.3. The molecular formula is C64H86N16O8. The number of aromatic nitrogens is 6. The summed E-state index contributed by atoms with van der Waals surface area (Å²) in [5.74, 6) is -3.01. The number of nitrogens with zero attached hydrogens (tertiary/aromatic N) is 8. The quantitative estimate of drug-likeness (QED) is 0.0552. The van der Waals surface area contributed by atoms with Gasteiger partial charge < -0.3 is 52.3 Å². The molecule has 2 fully saturated rings. The predicted molar refractivity (Wildman–Crippen MR) is 327 cm³/mol. The zero-order chi connectivity index (χ0) is 63.2. The van der Waals surface area contributed by atoms with Crippen molar-refractivity contribution in [1.82, 2.24) is 82.3 Å². The van der Waals surface area contributed by atoms with Crippen molar-refractivity contribution in [3.05, 3.63) is 130 Å². The van der Waals surface area contributed by atoms with Crippen molar-refractivity contribution in [2.75, 3.05) is 27.2 Å². The Bertz CT molecular complexity index is 3170. The Morgan fingerprint density at radius 3 is 1.34 bits per heavy atom. The Hall–Kier alpha value is -8.38. The predicted octanol–water partition coefficient (Wildman–Crippen LogP) is 3.68. The highest BCUT2D eigenvalue weighted by Crippen LogP contribution is 2.36. The van der Waals surface area contributed by atoms with Gasteiger partial charge in [-0.25, -0.2) is 9.36 Å². The fourth-order valence-corrected chi connectivity index (χ4v) is 12.3. The topological polar surface area (TPSA) is 301 Å². The molecule has 470 valence electrons. The zero-order valence-electron chi connectivity index (χ0n) is 52.2. The molecule has 10 atom stereocenters. The highest BCUT2D eigenvalue weighted by Gasteiger charge is 2.48. The van der Waals surface area contributed by atoms with Gasteiger partial charge in [-0.15, -0.1) is 10.2 Å². The van der Waals surface area contributed by atoms with Crippen molar-refractivity contribution >= 4 is 47.3 Å². The molecule has 8 N–H and O–H groups in total. The van der Waals surface area contributed by atoms with Gasteiger partial charge in [0.1, 0.15) is 35.6 Å². The monoisotopic (exact) mass is 1210 g/mol. The molecule has 24 nitrogen and oxygen atoms in total. The number of likely N-dealkylation sites (N-methyl/N-ethyl adjacent to an activating group) is 2. The third kappa shape index (κ3) is 14.8. The van der Waals surface area contributed by atoms with Crippen LogP contribution in [-0.4, -0.2) is 150 Å². The third-order valence-electron chi connectivity index (χ3n) is 17.7. The lowest BCUT2D eigenvalue weighted by atomic mass is 9.85. The molecule has 0 unspecified atom stereocenters. The first-order chi connectivity index (χ1) is 41.9. The number of nitrogens with one attached hydrogen (secondary N) is 8. The minimum absolute atomic E-state index is 0.0237. The van der Waals surface area contributed by atoms with Crippen LogP contribution in [0.1, 0.15) is 172 Å². The SMILES string of the molecule is CN[C@@H](C)C(=O)N[C@H](C(=O)N1C[C@@H](n2cc(CNC(=O)c3cccc(C(=O)NCc4cn([C@H]5C[C@@H](C(=O)N[C@@H]6CCCc7ccccc76)N(C(=O)[C@@H](NC(=O)[C@H](C)NC)C(C)(C)C)C5)nn4)c3)nn2)C[C@H]1C(=O)N[C@@H]1CCCc2ccccc21)C(C)(C)C. The summed E-state index contributed by atoms with van der Waals surface area (Å²) in [4.78, 5) is 115. The molecule has 88 heavy (non-hydrogen) atoms. The molecule has 24 heteroatoms. The molecule has 2 saturated heterocycles. The molecule has 3 aromatic carbocycles. The maximum atomic E-state index is 14.7. The van der Waals surface area contributed by atoms with Crippen molar-refractivity contribution in [3.63, 3.8) is 0 Å². The van der Waals surface area contributed by atoms with Gasteiger partial charge in [0.25, 0.3) is 11.8 Å². The summed E-state index contributed by atoms with van der Waals surface area (Å²) >= 11 is 0. The van der Waals surface area contributed by atoms with E-state index >= 15 is 0 Å². The minimum atomic E-state index is -0.949. The first-order valence-electron chi connectivity index (χ1n) is 30.7. The molecule has 0 bridgehead atoms. The summed E-state index contributed by atoms with van der Waals surface area (Å²) < 4.78 is 3.22. The lowest BCUT2D eigenvalue weighted by molar-refractivity contribution is -0.144. The number of carbonyl (C=O) groups is 8. The number of hydrogen-bond donors (Lipinski definition) is 8. The van der Waals surface area contributed by atoms with Crippen molar-refractivity contribution < 1.29 is 38.4 Å². The van der Waals surface area contributed by atoms with E-state index in [1.54, 1.807) is 77.7 Å². The average molecular weight is 1210 g/mol. The van der Waals surface area contributed by atoms with Crippen LogP contribution in [0.3, 0.4) is 0 Å². The summed E-state index contributed by atoms with van der Waals surface area (Å²) in [5, 5.41) is 41.5. The summed E-state index contributed by atoms with van der Waals surface area (Å²) in [7, 11) is 3.33. The third-order valence-corrected chi connectivity index (χ3v) is 17.7. The van der Waals surface area contributed by atoms with Crippen molar-refractivity contribution in [1.29, 1.82) is 0 Å². The Morgan fingerprint density at radius 1 is 0.557 bits per heavy atom. The number of fused-ring (bicyclic) bond motifs is 2. The van der Waals surface area contributed by atoms with E-state index in [-0.39, 0.29) is 97.7 Å². The molecule has 0 radical (unpaired) electrons. The van der Waals surface area contributed by atoms with E-state index in [0.29, 0.717) is 11.4 Å². The largest absolute Gasteiger partial charge is 0.347 e. The number of aryl methyl sites for hydroxylation is 2. The first kappa shape index (κ1) is 64.1. The minimum Gasteiger partial charge on any atom is -0.347 e. The van der Waals surface area contributed by atoms with Crippen LogP contribution in [0.5, 0.6) is 0 Å². The molecule has 4 heterocycles. The van der Waals surface area contributed by atoms with E-state index in [1.807, 2.05) is 77.9 Å². The van der Waals surface area contributed by atoms with Crippen LogP contribution in [0, 0.1) is 10.8 Å². The molecule has 8 amide bonds. The second-order valence-corrected chi connectivity index (χ2v) is 26.1. The number of rotatable bonds is 20. The first-order valence-corrected chi connectivity index (χ1v) is 30.7. The van der Waals surface area contributed by atoms with Crippen LogP contribution >= 0.6 is 0 Å². The van der Waals surface area contributed by atoms with Crippen molar-refractivity contribution in [2.45, 2.75) is 180 Å². The van der Waals surface area contributed by atoms with E-state index in [9.17, 15) is 38.4 Å². The van der Waals surface area contributed by atoms with Gasteiger partial charge >= 0.3 is 0 Å². The van der Waals surface area contributed by atoms with E-state index in [0.717, 1.165) is 49.7 Å². The number of carbonyl (C=O) groups excluding carboxylic acids is 8. The van der Waals surface area contributed by atoms with E-state index in [4.69, 9.17) is 0 Å². The van der Waals surface area contributed by atoms with Crippen molar-refractivity contribution in [3.8, 4) is 0 Å². The molecule has 5 aromatic rings. The Labute approximate surface area is 514 Å². The maximum Gasteiger partial charge on any atom is 0.251 e. The molecule has 4 aliphatic rings. The summed E-state index contributed by atoms with van der Waals surface area (Å²) in [6.07, 6.45) is 8.97.